The molecule has 1 atom stereocenters. The minimum Gasteiger partial charge on any atom is -0.384 e. The Kier molecular flexibility index (Phi) is 4.50. The molecule has 1 aromatic heterocycles. The molecule has 0 amide bonds. The zero-order valence-electron chi connectivity index (χ0n) is 10.6. The first-order valence-electron chi connectivity index (χ1n) is 5.90. The Balaban J connectivity index is 3.03. The molecule has 0 saturated heterocycles. The average Bonchev–Trinajstić information content (AvgIpc) is 2.79. The van der Waals surface area contributed by atoms with E-state index in [-0.39, 0.29) is 0 Å². The first-order chi connectivity index (χ1) is 7.65. The maximum atomic E-state index is 10.4. The third-order valence-corrected chi connectivity index (χ3v) is 3.43. The second-order valence-electron chi connectivity index (χ2n) is 3.95. The quantitative estimate of drug-likeness (QED) is 0.808. The van der Waals surface area contributed by atoms with Gasteiger partial charge < -0.3 is 9.84 Å². The average molecular weight is 226 g/mol. The third-order valence-electron chi connectivity index (χ3n) is 3.43. The van der Waals surface area contributed by atoms with Gasteiger partial charge in [-0.2, -0.15) is 5.10 Å². The summed E-state index contributed by atoms with van der Waals surface area (Å²) in [6.07, 6.45) is 2.63. The molecule has 16 heavy (non-hydrogen) atoms. The van der Waals surface area contributed by atoms with Crippen molar-refractivity contribution in [2.45, 2.75) is 51.9 Å². The SMILES string of the molecule is CCn1nccc1C(O)C(CC)(CC)OC. The Morgan fingerprint density at radius 2 is 2.06 bits per heavy atom. The fourth-order valence-corrected chi connectivity index (χ4v) is 2.15. The van der Waals surface area contributed by atoms with Crippen LogP contribution >= 0.6 is 0 Å². The summed E-state index contributed by atoms with van der Waals surface area (Å²) in [5, 5.41) is 14.6. The van der Waals surface area contributed by atoms with Crippen LogP contribution in [0.3, 0.4) is 0 Å². The Morgan fingerprint density at radius 3 is 2.50 bits per heavy atom. The van der Waals surface area contributed by atoms with Gasteiger partial charge in [0, 0.05) is 19.9 Å². The van der Waals surface area contributed by atoms with Crippen LogP contribution in [0.15, 0.2) is 12.3 Å². The number of aliphatic hydroxyl groups is 1. The van der Waals surface area contributed by atoms with Crippen molar-refractivity contribution in [3.63, 3.8) is 0 Å². The topological polar surface area (TPSA) is 47.3 Å². The second kappa shape index (κ2) is 5.46. The number of rotatable bonds is 6. The summed E-state index contributed by atoms with van der Waals surface area (Å²) in [6, 6.07) is 1.85. The molecule has 0 radical (unpaired) electrons. The van der Waals surface area contributed by atoms with Gasteiger partial charge in [0.15, 0.2) is 0 Å². The summed E-state index contributed by atoms with van der Waals surface area (Å²) in [4.78, 5) is 0. The van der Waals surface area contributed by atoms with E-state index in [2.05, 4.69) is 5.10 Å². The minimum absolute atomic E-state index is 0.507. The van der Waals surface area contributed by atoms with Crippen LogP contribution in [0.4, 0.5) is 0 Å². The van der Waals surface area contributed by atoms with Crippen molar-refractivity contribution in [3.8, 4) is 0 Å². The van der Waals surface area contributed by atoms with Crippen LogP contribution in [0.5, 0.6) is 0 Å². The Bertz CT molecular complexity index is 310. The molecule has 92 valence electrons. The first-order valence-corrected chi connectivity index (χ1v) is 5.90. The van der Waals surface area contributed by atoms with Gasteiger partial charge in [0.1, 0.15) is 6.10 Å². The lowest BCUT2D eigenvalue weighted by Crippen LogP contribution is -2.38. The number of nitrogens with zero attached hydrogens (tertiary/aromatic N) is 2. The van der Waals surface area contributed by atoms with Gasteiger partial charge in [-0.25, -0.2) is 0 Å². The molecule has 1 rings (SSSR count). The molecule has 0 saturated carbocycles. The molecule has 1 heterocycles. The van der Waals surface area contributed by atoms with E-state index in [0.29, 0.717) is 0 Å². The predicted octanol–water partition coefficient (Wildman–Crippen LogP) is 2.14. The maximum absolute atomic E-state index is 10.4. The molecule has 0 aromatic carbocycles. The Hall–Kier alpha value is -0.870. The van der Waals surface area contributed by atoms with E-state index in [1.54, 1.807) is 13.3 Å². The Morgan fingerprint density at radius 1 is 1.44 bits per heavy atom. The zero-order chi connectivity index (χ0) is 12.2. The molecule has 4 nitrogen and oxygen atoms in total. The van der Waals surface area contributed by atoms with Crippen molar-refractivity contribution >= 4 is 0 Å². The van der Waals surface area contributed by atoms with E-state index < -0.39 is 11.7 Å². The van der Waals surface area contributed by atoms with Gasteiger partial charge in [-0.1, -0.05) is 13.8 Å². The van der Waals surface area contributed by atoms with Gasteiger partial charge in [-0.3, -0.25) is 4.68 Å². The van der Waals surface area contributed by atoms with Crippen LogP contribution in [0, 0.1) is 0 Å². The van der Waals surface area contributed by atoms with E-state index >= 15 is 0 Å². The normalized spacial score (nSPS) is 14.1. The number of aliphatic hydroxyl groups excluding tert-OH is 1. The van der Waals surface area contributed by atoms with E-state index in [9.17, 15) is 5.11 Å². The largest absolute Gasteiger partial charge is 0.384 e. The van der Waals surface area contributed by atoms with Crippen molar-refractivity contribution in [2.75, 3.05) is 7.11 Å². The lowest BCUT2D eigenvalue weighted by Gasteiger charge is -2.35. The number of methoxy groups -OCH3 is 1. The van der Waals surface area contributed by atoms with Crippen molar-refractivity contribution in [1.82, 2.24) is 9.78 Å². The van der Waals surface area contributed by atoms with Gasteiger partial charge in [0.25, 0.3) is 0 Å². The van der Waals surface area contributed by atoms with Crippen LogP contribution in [0.1, 0.15) is 45.4 Å². The first kappa shape index (κ1) is 13.2. The number of hydrogen-bond donors (Lipinski definition) is 1. The van der Waals surface area contributed by atoms with E-state index in [4.69, 9.17) is 4.74 Å². The molecule has 4 heteroatoms. The van der Waals surface area contributed by atoms with Gasteiger partial charge >= 0.3 is 0 Å². The van der Waals surface area contributed by atoms with Crippen LogP contribution in [0.2, 0.25) is 0 Å². The van der Waals surface area contributed by atoms with Crippen molar-refractivity contribution < 1.29 is 9.84 Å². The minimum atomic E-state index is -0.630. The monoisotopic (exact) mass is 226 g/mol. The third kappa shape index (κ3) is 2.13. The molecule has 0 aliphatic heterocycles. The molecule has 0 bridgehead atoms. The highest BCUT2D eigenvalue weighted by Gasteiger charge is 2.37. The second-order valence-corrected chi connectivity index (χ2v) is 3.95. The molecule has 1 aromatic rings. The number of hydrogen-bond acceptors (Lipinski definition) is 3. The molecule has 0 aliphatic carbocycles. The number of ether oxygens (including phenoxy) is 1. The standard InChI is InChI=1S/C12H22N2O2/c1-5-12(6-2,16-4)11(15)10-8-9-13-14(10)7-3/h8-9,11,15H,5-7H2,1-4H3. The fourth-order valence-electron chi connectivity index (χ4n) is 2.15. The molecule has 0 fully saturated rings. The molecule has 0 aliphatic rings. The highest BCUT2D eigenvalue weighted by molar-refractivity contribution is 5.10. The van der Waals surface area contributed by atoms with Crippen molar-refractivity contribution in [2.24, 2.45) is 0 Å². The van der Waals surface area contributed by atoms with Gasteiger partial charge in [-0.15, -0.1) is 0 Å². The van der Waals surface area contributed by atoms with Crippen LogP contribution in [-0.4, -0.2) is 27.6 Å². The van der Waals surface area contributed by atoms with Crippen molar-refractivity contribution in [1.29, 1.82) is 0 Å². The molecular formula is C12H22N2O2. The zero-order valence-corrected chi connectivity index (χ0v) is 10.6. The summed E-state index contributed by atoms with van der Waals surface area (Å²) < 4.78 is 7.34. The smallest absolute Gasteiger partial charge is 0.124 e. The summed E-state index contributed by atoms with van der Waals surface area (Å²) in [5.41, 5.74) is 0.320. The van der Waals surface area contributed by atoms with E-state index in [0.717, 1.165) is 25.1 Å². The van der Waals surface area contributed by atoms with Crippen molar-refractivity contribution in [3.05, 3.63) is 18.0 Å². The number of aryl methyl sites for hydroxylation is 1. The lowest BCUT2D eigenvalue weighted by molar-refractivity contribution is -0.112. The Labute approximate surface area is 97.2 Å². The van der Waals surface area contributed by atoms with E-state index in [1.165, 1.54) is 0 Å². The van der Waals surface area contributed by atoms with Crippen LogP contribution < -0.4 is 0 Å². The fraction of sp³-hybridized carbons (Fsp3) is 0.750. The summed E-state index contributed by atoms with van der Waals surface area (Å²) in [7, 11) is 1.66. The van der Waals surface area contributed by atoms with Crippen LogP contribution in [0.25, 0.3) is 0 Å². The summed E-state index contributed by atoms with van der Waals surface area (Å²) in [5.74, 6) is 0. The molecular weight excluding hydrogens is 204 g/mol. The highest BCUT2D eigenvalue weighted by atomic mass is 16.5. The molecule has 1 unspecified atom stereocenters. The van der Waals surface area contributed by atoms with Gasteiger partial charge in [-0.05, 0) is 25.8 Å². The molecule has 1 N–H and O–H groups in total. The highest BCUT2D eigenvalue weighted by Crippen LogP contribution is 2.34. The molecule has 0 spiro atoms. The summed E-state index contributed by atoms with van der Waals surface area (Å²) in [6.45, 7) is 6.83. The maximum Gasteiger partial charge on any atom is 0.124 e. The van der Waals surface area contributed by atoms with Gasteiger partial charge in [0.05, 0.1) is 11.3 Å². The lowest BCUT2D eigenvalue weighted by atomic mass is 9.88. The van der Waals surface area contributed by atoms with Gasteiger partial charge in [0.2, 0.25) is 0 Å². The van der Waals surface area contributed by atoms with Crippen LogP contribution in [-0.2, 0) is 11.3 Å². The summed E-state index contributed by atoms with van der Waals surface area (Å²) >= 11 is 0. The number of aromatic nitrogens is 2. The van der Waals surface area contributed by atoms with E-state index in [1.807, 2.05) is 31.5 Å². The predicted molar refractivity (Wildman–Crippen MR) is 63.2 cm³/mol.